The maximum absolute atomic E-state index is 12.9. The number of nitrogens with zero attached hydrogens (tertiary/aromatic N) is 6. The molecule has 0 amide bonds. The Kier molecular flexibility index (Phi) is 6.60. The van der Waals surface area contributed by atoms with E-state index in [-0.39, 0.29) is 0 Å². The van der Waals surface area contributed by atoms with Crippen molar-refractivity contribution in [3.8, 4) is 22.5 Å². The zero-order valence-corrected chi connectivity index (χ0v) is 21.2. The first-order valence-electron chi connectivity index (χ1n) is 10.9. The lowest BCUT2D eigenvalue weighted by molar-refractivity contribution is 0.183. The van der Waals surface area contributed by atoms with Gasteiger partial charge in [0.2, 0.25) is 0 Å². The highest BCUT2D eigenvalue weighted by Crippen LogP contribution is 2.42. The molecular formula is C23H25N7O3S2. The third kappa shape index (κ3) is 4.57. The summed E-state index contributed by atoms with van der Waals surface area (Å²) in [7, 11) is 3.82. The van der Waals surface area contributed by atoms with Crippen LogP contribution in [0.5, 0.6) is 0 Å². The molecule has 5 aromatic heterocycles. The van der Waals surface area contributed by atoms with Crippen LogP contribution in [-0.4, -0.2) is 66.9 Å². The maximum atomic E-state index is 12.9. The first-order chi connectivity index (χ1) is 17.0. The fourth-order valence-corrected chi connectivity index (χ4v) is 6.42. The van der Waals surface area contributed by atoms with Crippen LogP contribution in [0, 0.1) is 0 Å². The van der Waals surface area contributed by atoms with Crippen LogP contribution >= 0.6 is 11.3 Å². The molecule has 0 radical (unpaired) electrons. The summed E-state index contributed by atoms with van der Waals surface area (Å²) in [4.78, 5) is 10.1. The number of anilines is 1. The largest absolute Gasteiger partial charge is 0.396 e. The number of aryl methyl sites for hydroxylation is 1. The average Bonchev–Trinajstić information content (AvgIpc) is 3.56. The number of nitrogens with two attached hydrogens (primary N) is 1. The van der Waals surface area contributed by atoms with Gasteiger partial charge in [0.25, 0.3) is 0 Å². The van der Waals surface area contributed by atoms with E-state index in [9.17, 15) is 4.21 Å². The van der Waals surface area contributed by atoms with Crippen LogP contribution in [0.3, 0.4) is 0 Å². The first-order valence-corrected chi connectivity index (χ1v) is 13.0. The fourth-order valence-electron chi connectivity index (χ4n) is 3.86. The minimum absolute atomic E-state index is 0.364. The van der Waals surface area contributed by atoms with E-state index in [1.165, 1.54) is 11.3 Å². The maximum Gasteiger partial charge on any atom is 0.181 e. The third-order valence-electron chi connectivity index (χ3n) is 5.55. The molecular weight excluding hydrogens is 486 g/mol. The molecule has 0 saturated heterocycles. The van der Waals surface area contributed by atoms with Crippen LogP contribution in [-0.2, 0) is 33.9 Å². The summed E-state index contributed by atoms with van der Waals surface area (Å²) in [6, 6.07) is 5.92. The SMILES string of the molecule is COCCn1ccc(-c2cc(-c3cnc4nn(C)cc4c3)nc3sc(S(=O)CCOC)c(N)c23)n1. The predicted molar refractivity (Wildman–Crippen MR) is 138 cm³/mol. The van der Waals surface area contributed by atoms with Crippen LogP contribution in [0.2, 0.25) is 0 Å². The molecule has 12 heteroatoms. The Bertz CT molecular complexity index is 1540. The highest BCUT2D eigenvalue weighted by Gasteiger charge is 2.22. The molecule has 10 nitrogen and oxygen atoms in total. The Hall–Kier alpha value is -3.19. The van der Waals surface area contributed by atoms with Crippen LogP contribution in [0.1, 0.15) is 0 Å². The van der Waals surface area contributed by atoms with Gasteiger partial charge in [-0.15, -0.1) is 11.3 Å². The monoisotopic (exact) mass is 511 g/mol. The summed E-state index contributed by atoms with van der Waals surface area (Å²) in [6.45, 7) is 1.56. The van der Waals surface area contributed by atoms with E-state index in [1.54, 1.807) is 25.1 Å². The van der Waals surface area contributed by atoms with Crippen molar-refractivity contribution in [3.05, 3.63) is 36.8 Å². The van der Waals surface area contributed by atoms with Crippen molar-refractivity contribution in [1.29, 1.82) is 0 Å². The number of rotatable bonds is 9. The summed E-state index contributed by atoms with van der Waals surface area (Å²) in [5.74, 6) is 0.364. The molecule has 0 aromatic carbocycles. The minimum atomic E-state index is -1.30. The van der Waals surface area contributed by atoms with Crippen molar-refractivity contribution in [2.24, 2.45) is 7.05 Å². The molecule has 5 heterocycles. The van der Waals surface area contributed by atoms with Gasteiger partial charge in [-0.3, -0.25) is 13.6 Å². The van der Waals surface area contributed by atoms with Gasteiger partial charge in [0, 0.05) is 61.8 Å². The number of fused-ring (bicyclic) bond motifs is 2. The summed E-state index contributed by atoms with van der Waals surface area (Å²) >= 11 is 1.35. The quantitative estimate of drug-likeness (QED) is 0.320. The lowest BCUT2D eigenvalue weighted by Crippen LogP contribution is -2.05. The van der Waals surface area contributed by atoms with Gasteiger partial charge in [-0.25, -0.2) is 9.97 Å². The van der Waals surface area contributed by atoms with Gasteiger partial charge in [-0.05, 0) is 18.2 Å². The summed E-state index contributed by atoms with van der Waals surface area (Å²) < 4.78 is 27.4. The molecule has 0 spiro atoms. The molecule has 5 rings (SSSR count). The van der Waals surface area contributed by atoms with Gasteiger partial charge in [-0.1, -0.05) is 0 Å². The van der Waals surface area contributed by atoms with Crippen molar-refractivity contribution in [2.45, 2.75) is 10.8 Å². The lowest BCUT2D eigenvalue weighted by atomic mass is 10.0. The van der Waals surface area contributed by atoms with Crippen LogP contribution < -0.4 is 5.73 Å². The molecule has 5 aromatic rings. The molecule has 0 aliphatic rings. The van der Waals surface area contributed by atoms with Gasteiger partial charge in [0.05, 0.1) is 53.4 Å². The highest BCUT2D eigenvalue weighted by atomic mass is 32.2. The number of hydrogen-bond donors (Lipinski definition) is 1. The second-order valence-electron chi connectivity index (χ2n) is 7.98. The summed E-state index contributed by atoms with van der Waals surface area (Å²) in [5, 5.41) is 10.8. The second-order valence-corrected chi connectivity index (χ2v) is 10.7. The summed E-state index contributed by atoms with van der Waals surface area (Å²) in [6.07, 6.45) is 5.59. The number of nitrogen functional groups attached to an aromatic ring is 1. The number of aromatic nitrogens is 6. The highest BCUT2D eigenvalue weighted by molar-refractivity contribution is 7.87. The van der Waals surface area contributed by atoms with E-state index in [2.05, 4.69) is 10.1 Å². The van der Waals surface area contributed by atoms with E-state index >= 15 is 0 Å². The molecule has 0 saturated carbocycles. The normalized spacial score (nSPS) is 12.7. The Morgan fingerprint density at radius 3 is 2.77 bits per heavy atom. The Labute approximate surface area is 208 Å². The van der Waals surface area contributed by atoms with Crippen molar-refractivity contribution < 1.29 is 13.7 Å². The van der Waals surface area contributed by atoms with E-state index in [4.69, 9.17) is 25.3 Å². The Morgan fingerprint density at radius 1 is 1.14 bits per heavy atom. The second kappa shape index (κ2) is 9.82. The zero-order chi connectivity index (χ0) is 24.5. The van der Waals surface area contributed by atoms with Crippen LogP contribution in [0.4, 0.5) is 5.69 Å². The molecule has 182 valence electrons. The molecule has 0 fully saturated rings. The number of methoxy groups -OCH3 is 2. The lowest BCUT2D eigenvalue weighted by Gasteiger charge is -2.07. The van der Waals surface area contributed by atoms with Crippen molar-refractivity contribution >= 4 is 49.1 Å². The topological polar surface area (TPSA) is 123 Å². The van der Waals surface area contributed by atoms with E-state index in [1.807, 2.05) is 42.3 Å². The molecule has 0 bridgehead atoms. The van der Waals surface area contributed by atoms with Crippen molar-refractivity contribution in [3.63, 3.8) is 0 Å². The average molecular weight is 512 g/mol. The molecule has 2 N–H and O–H groups in total. The zero-order valence-electron chi connectivity index (χ0n) is 19.6. The van der Waals surface area contributed by atoms with Crippen molar-refractivity contribution in [2.75, 3.05) is 38.9 Å². The van der Waals surface area contributed by atoms with Gasteiger partial charge in [0.1, 0.15) is 9.04 Å². The fraction of sp³-hybridized carbons (Fsp3) is 0.304. The van der Waals surface area contributed by atoms with Crippen LogP contribution in [0.25, 0.3) is 43.8 Å². The molecule has 35 heavy (non-hydrogen) atoms. The molecule has 0 aliphatic heterocycles. The number of hydrogen-bond acceptors (Lipinski definition) is 9. The Morgan fingerprint density at radius 2 is 1.97 bits per heavy atom. The van der Waals surface area contributed by atoms with Gasteiger partial charge >= 0.3 is 0 Å². The first kappa shape index (κ1) is 23.5. The molecule has 0 aliphatic carbocycles. The van der Waals surface area contributed by atoms with E-state index in [0.29, 0.717) is 45.9 Å². The minimum Gasteiger partial charge on any atom is -0.396 e. The van der Waals surface area contributed by atoms with Gasteiger partial charge < -0.3 is 15.2 Å². The standard InChI is InChI=1S/C23H25N7O3S2/c1-29-13-15-10-14(12-25-21(15)28-29)18-11-16(17-4-5-30(27-17)6-7-32-2)19-20(24)23(34-22(19)26-18)35(31)9-8-33-3/h4-5,10-13H,6-9,24H2,1-3H3. The Balaban J connectivity index is 1.68. The van der Waals surface area contributed by atoms with Crippen molar-refractivity contribution in [1.82, 2.24) is 29.5 Å². The van der Waals surface area contributed by atoms with Crippen LogP contribution in [0.15, 0.2) is 41.0 Å². The van der Waals surface area contributed by atoms with Gasteiger partial charge in [0.15, 0.2) is 5.65 Å². The van der Waals surface area contributed by atoms with E-state index in [0.717, 1.165) is 33.3 Å². The smallest absolute Gasteiger partial charge is 0.181 e. The summed E-state index contributed by atoms with van der Waals surface area (Å²) in [5.41, 5.74) is 10.9. The van der Waals surface area contributed by atoms with E-state index < -0.39 is 10.8 Å². The number of ether oxygens (including phenoxy) is 2. The number of pyridine rings is 2. The molecule has 1 unspecified atom stereocenters. The third-order valence-corrected chi connectivity index (χ3v) is 8.43. The molecule has 1 atom stereocenters. The number of thiophene rings is 1. The predicted octanol–water partition coefficient (Wildman–Crippen LogP) is 3.09. The van der Waals surface area contributed by atoms with Gasteiger partial charge in [-0.2, -0.15) is 10.2 Å².